The molecule has 0 bridgehead atoms. The van der Waals surface area contributed by atoms with Gasteiger partial charge in [0.15, 0.2) is 16.8 Å². The van der Waals surface area contributed by atoms with Crippen LogP contribution in [0, 0.1) is 0 Å². The van der Waals surface area contributed by atoms with E-state index in [4.69, 9.17) is 19.3 Å². The fraction of sp³-hybridized carbons (Fsp3) is 0.938. The van der Waals surface area contributed by atoms with E-state index in [1.807, 2.05) is 41.5 Å². The van der Waals surface area contributed by atoms with Crippen molar-refractivity contribution in [1.29, 1.82) is 0 Å². The highest BCUT2D eigenvalue weighted by Gasteiger charge is 2.67. The smallest absolute Gasteiger partial charge is 0.257 e. The molecule has 6 aliphatic heterocycles. The molecule has 15 nitrogen and oxygen atoms in total. The minimum absolute atomic E-state index is 0.0793. The van der Waals surface area contributed by atoms with E-state index in [1.54, 1.807) is 14.7 Å². The highest BCUT2D eigenvalue weighted by atomic mass is 16.6. The average molecular weight is 893 g/mol. The number of aliphatic hydroxyl groups is 3. The topological polar surface area (TPSA) is 159 Å². The minimum Gasteiger partial charge on any atom is -0.394 e. The molecule has 6 saturated heterocycles. The van der Waals surface area contributed by atoms with E-state index in [-0.39, 0.29) is 77.2 Å². The van der Waals surface area contributed by atoms with Crippen molar-refractivity contribution in [2.24, 2.45) is 0 Å². The summed E-state index contributed by atoms with van der Waals surface area (Å²) < 4.78 is 19.6. The van der Waals surface area contributed by atoms with Crippen molar-refractivity contribution in [1.82, 2.24) is 29.4 Å². The van der Waals surface area contributed by atoms with Crippen LogP contribution in [0.15, 0.2) is 0 Å². The maximum atomic E-state index is 14.1. The second-order valence-corrected chi connectivity index (χ2v) is 25.5. The molecule has 15 heteroatoms. The van der Waals surface area contributed by atoms with Gasteiger partial charge in [-0.1, -0.05) is 0 Å². The Morgan fingerprint density at radius 2 is 0.603 bits per heavy atom. The molecule has 63 heavy (non-hydrogen) atoms. The van der Waals surface area contributed by atoms with Gasteiger partial charge in [-0.15, -0.1) is 0 Å². The first-order chi connectivity index (χ1) is 28.0. The molecule has 0 aromatic rings. The molecule has 0 aliphatic carbocycles. The lowest BCUT2D eigenvalue weighted by Crippen LogP contribution is -2.66. The number of carbonyl (C=O) groups excluding carboxylic acids is 3. The van der Waals surface area contributed by atoms with Gasteiger partial charge in [-0.25, -0.2) is 0 Å². The third kappa shape index (κ3) is 8.99. The lowest BCUT2D eigenvalue weighted by Gasteiger charge is -2.56. The molecule has 0 aromatic carbocycles. The van der Waals surface area contributed by atoms with Crippen molar-refractivity contribution in [3.63, 3.8) is 0 Å². The Morgan fingerprint density at radius 3 is 0.794 bits per heavy atom. The number of aliphatic hydroxyl groups excluding tert-OH is 3. The Hall–Kier alpha value is -1.95. The van der Waals surface area contributed by atoms with Gasteiger partial charge in [0.2, 0.25) is 0 Å². The zero-order valence-corrected chi connectivity index (χ0v) is 43.2. The van der Waals surface area contributed by atoms with Crippen LogP contribution in [0.3, 0.4) is 0 Å². The Bertz CT molecular complexity index is 1650. The Labute approximate surface area is 380 Å². The van der Waals surface area contributed by atoms with E-state index in [0.29, 0.717) is 38.5 Å². The van der Waals surface area contributed by atoms with Crippen LogP contribution in [0.25, 0.3) is 0 Å². The molecular weight excluding hydrogens is 805 g/mol. The van der Waals surface area contributed by atoms with E-state index in [1.165, 1.54) is 0 Å². The van der Waals surface area contributed by atoms with E-state index in [9.17, 15) is 24.6 Å². The first kappa shape index (κ1) is 52.0. The van der Waals surface area contributed by atoms with E-state index < -0.39 is 46.2 Å². The molecule has 6 fully saturated rings. The predicted octanol–water partition coefficient (Wildman–Crippen LogP) is 4.54. The van der Waals surface area contributed by atoms with Crippen LogP contribution in [-0.2, 0) is 28.6 Å². The number of ether oxygens (including phenoxy) is 3. The van der Waals surface area contributed by atoms with Crippen LogP contribution in [0.2, 0.25) is 0 Å². The second kappa shape index (κ2) is 15.5. The second-order valence-electron chi connectivity index (χ2n) is 25.5. The van der Waals surface area contributed by atoms with Crippen molar-refractivity contribution < 1.29 is 43.9 Å². The van der Waals surface area contributed by atoms with Gasteiger partial charge in [-0.3, -0.25) is 29.1 Å². The van der Waals surface area contributed by atoms with Gasteiger partial charge in [0.1, 0.15) is 17.2 Å². The number of amides is 3. The Balaban J connectivity index is 0.000000276. The fourth-order valence-corrected chi connectivity index (χ4v) is 13.1. The van der Waals surface area contributed by atoms with Crippen molar-refractivity contribution in [3.8, 4) is 0 Å². The zero-order valence-electron chi connectivity index (χ0n) is 43.2. The van der Waals surface area contributed by atoms with E-state index in [2.05, 4.69) is 119 Å². The van der Waals surface area contributed by atoms with Crippen LogP contribution in [0.1, 0.15) is 163 Å². The Kier molecular flexibility index (Phi) is 12.8. The van der Waals surface area contributed by atoms with Gasteiger partial charge >= 0.3 is 0 Å². The number of likely N-dealkylation sites (tertiary alicyclic amines) is 3. The first-order valence-corrected chi connectivity index (χ1v) is 23.3. The van der Waals surface area contributed by atoms with E-state index in [0.717, 1.165) is 0 Å². The van der Waals surface area contributed by atoms with Crippen molar-refractivity contribution >= 4 is 17.7 Å². The standard InChI is InChI=1S/C31H56N4O5.C17H32N2O4/c1-24(2)17-30(18-25(3,4)32(24)13)22(37)34(28(9,10)39-30)15-21(36)16-35-23(38)31(40-29(35,11)12)19-26(5,6)33(14)27(7,8)20-31;1-14(2)10-17(11-15(3,4)18(14)7)13(22)19(8-12(21)9-20)16(5,6)23-17/h21,36H,15-20H2,1-14H3;12,20-21H,8-11H2,1-7H3. The molecule has 6 aliphatic rings. The summed E-state index contributed by atoms with van der Waals surface area (Å²) in [7, 11) is 6.30. The molecule has 1 atom stereocenters. The predicted molar refractivity (Wildman–Crippen MR) is 243 cm³/mol. The fourth-order valence-electron chi connectivity index (χ4n) is 13.1. The highest BCUT2D eigenvalue weighted by Crippen LogP contribution is 2.54. The van der Waals surface area contributed by atoms with Crippen LogP contribution in [0.5, 0.6) is 0 Å². The van der Waals surface area contributed by atoms with E-state index >= 15 is 0 Å². The van der Waals surface area contributed by atoms with Gasteiger partial charge in [-0.2, -0.15) is 0 Å². The van der Waals surface area contributed by atoms with Crippen LogP contribution in [-0.4, -0.2) is 189 Å². The number of nitrogens with zero attached hydrogens (tertiary/aromatic N) is 6. The molecule has 6 rings (SSSR count). The lowest BCUT2D eigenvalue weighted by atomic mass is 9.71. The van der Waals surface area contributed by atoms with Gasteiger partial charge in [-0.05, 0) is 146 Å². The Morgan fingerprint density at radius 1 is 0.413 bits per heavy atom. The molecule has 3 N–H and O–H groups in total. The number of carbonyl (C=O) groups is 3. The summed E-state index contributed by atoms with van der Waals surface area (Å²) in [5, 5.41) is 30.3. The summed E-state index contributed by atoms with van der Waals surface area (Å²) in [5.74, 6) is -0.238. The molecule has 6 heterocycles. The summed E-state index contributed by atoms with van der Waals surface area (Å²) >= 11 is 0. The van der Waals surface area contributed by atoms with Gasteiger partial charge < -0.3 is 44.2 Å². The average Bonchev–Trinajstić information content (AvgIpc) is 3.46. The number of piperidine rings is 3. The normalized spacial score (nSPS) is 31.0. The number of hydrogen-bond acceptors (Lipinski definition) is 12. The third-order valence-corrected chi connectivity index (χ3v) is 16.3. The monoisotopic (exact) mass is 893 g/mol. The lowest BCUT2D eigenvalue weighted by molar-refractivity contribution is -0.183. The minimum atomic E-state index is -0.955. The molecule has 0 aromatic heterocycles. The SMILES string of the molecule is CN1C(C)(C)CC2(CC1(C)C)OC(C)(C)N(CC(O)CN1C(=O)C3(CC(C)(C)N(C)C(C)(C)C3)OC1(C)C)C2=O.CN1C(C)(C)CC2(CC1(C)C)OC(C)(C)N(CC(O)CO)C2=O. The summed E-state index contributed by atoms with van der Waals surface area (Å²) in [6.45, 7) is 36.9. The van der Waals surface area contributed by atoms with Gasteiger partial charge in [0.25, 0.3) is 17.7 Å². The summed E-state index contributed by atoms with van der Waals surface area (Å²) in [6.07, 6.45) is 1.59. The highest BCUT2D eigenvalue weighted by molar-refractivity contribution is 5.90. The zero-order chi connectivity index (χ0) is 48.5. The molecule has 1 unspecified atom stereocenters. The number of rotatable bonds is 7. The van der Waals surface area contributed by atoms with Crippen molar-refractivity contribution in [2.45, 2.75) is 243 Å². The first-order valence-electron chi connectivity index (χ1n) is 23.3. The van der Waals surface area contributed by atoms with Crippen molar-refractivity contribution in [2.75, 3.05) is 47.4 Å². The molecule has 3 amide bonds. The summed E-state index contributed by atoms with van der Waals surface area (Å²) in [6, 6.07) is 0. The molecule has 3 spiro atoms. The molecule has 0 saturated carbocycles. The maximum Gasteiger partial charge on any atom is 0.257 e. The largest absolute Gasteiger partial charge is 0.394 e. The molecule has 0 radical (unpaired) electrons. The van der Waals surface area contributed by atoms with Crippen LogP contribution >= 0.6 is 0 Å². The summed E-state index contributed by atoms with van der Waals surface area (Å²) in [5.41, 5.74) is -6.68. The molecule has 364 valence electrons. The quantitative estimate of drug-likeness (QED) is 0.329. The summed E-state index contributed by atoms with van der Waals surface area (Å²) in [4.78, 5) is 53.4. The maximum absolute atomic E-state index is 14.1. The van der Waals surface area contributed by atoms with Gasteiger partial charge in [0, 0.05) is 71.8 Å². The van der Waals surface area contributed by atoms with Crippen LogP contribution in [0.4, 0.5) is 0 Å². The molecular formula is C48H88N6O9. The van der Waals surface area contributed by atoms with Gasteiger partial charge in [0.05, 0.1) is 38.4 Å². The van der Waals surface area contributed by atoms with Crippen molar-refractivity contribution in [3.05, 3.63) is 0 Å². The third-order valence-electron chi connectivity index (χ3n) is 16.3. The number of hydrogen-bond donors (Lipinski definition) is 3. The van der Waals surface area contributed by atoms with Crippen LogP contribution < -0.4 is 0 Å². The number of β-amino-alcohol motifs (C(OH)–C–C–N with tert-alkyl or cyclic N) is 2.